The summed E-state index contributed by atoms with van der Waals surface area (Å²) in [6.07, 6.45) is 2.10. The fourth-order valence-corrected chi connectivity index (χ4v) is 3.61. The number of anilines is 2. The molecule has 1 aliphatic rings. The minimum Gasteiger partial charge on any atom is -0.450 e. The van der Waals surface area contributed by atoms with Gasteiger partial charge in [0.05, 0.1) is 6.10 Å². The van der Waals surface area contributed by atoms with Gasteiger partial charge in [0, 0.05) is 35.5 Å². The van der Waals surface area contributed by atoms with Crippen molar-refractivity contribution in [2.24, 2.45) is 0 Å². The monoisotopic (exact) mass is 407 g/mol. The van der Waals surface area contributed by atoms with Crippen LogP contribution in [0.25, 0.3) is 11.0 Å². The Labute approximate surface area is 174 Å². The molecule has 7 heteroatoms. The highest BCUT2D eigenvalue weighted by Crippen LogP contribution is 2.28. The molecule has 1 aromatic heterocycles. The highest BCUT2D eigenvalue weighted by atomic mass is 16.5. The fraction of sp³-hybridized carbons (Fsp3) is 0.304. The molecule has 0 aliphatic carbocycles. The molecule has 1 aliphatic heterocycles. The Kier molecular flexibility index (Phi) is 5.72. The van der Waals surface area contributed by atoms with E-state index in [9.17, 15) is 9.59 Å². The van der Waals surface area contributed by atoms with Crippen molar-refractivity contribution in [2.45, 2.75) is 32.8 Å². The van der Waals surface area contributed by atoms with Gasteiger partial charge < -0.3 is 25.1 Å². The molecule has 2 heterocycles. The number of benzene rings is 2. The number of aryl methyl sites for hydroxylation is 2. The number of amides is 3. The molecule has 4 rings (SSSR count). The topological polar surface area (TPSA) is 92.6 Å². The molecule has 3 aromatic rings. The zero-order valence-corrected chi connectivity index (χ0v) is 17.1. The standard InChI is InChI=1S/C23H25N3O4/c1-14-5-3-7-19-15(2)21(30-20(14)19)22(27)25-16-8-10-17(11-9-16)26-23(28)24-13-18-6-4-12-29-18/h3,5,7-11,18H,4,6,12-13H2,1-2H3,(H,25,27)(H2,24,26,28). The minimum atomic E-state index is -0.307. The fourth-order valence-electron chi connectivity index (χ4n) is 3.61. The number of nitrogens with one attached hydrogen (secondary N) is 3. The van der Waals surface area contributed by atoms with Crippen LogP contribution in [0.5, 0.6) is 0 Å². The van der Waals surface area contributed by atoms with Crippen molar-refractivity contribution in [2.75, 3.05) is 23.8 Å². The lowest BCUT2D eigenvalue weighted by Crippen LogP contribution is -2.35. The van der Waals surface area contributed by atoms with Crippen molar-refractivity contribution in [3.05, 3.63) is 59.4 Å². The molecule has 7 nitrogen and oxygen atoms in total. The van der Waals surface area contributed by atoms with Crippen LogP contribution in [0.4, 0.5) is 16.2 Å². The summed E-state index contributed by atoms with van der Waals surface area (Å²) in [5, 5.41) is 9.37. The van der Waals surface area contributed by atoms with Crippen LogP contribution in [-0.2, 0) is 4.74 Å². The number of carbonyl (C=O) groups is 2. The van der Waals surface area contributed by atoms with E-state index < -0.39 is 0 Å². The third kappa shape index (κ3) is 4.31. The van der Waals surface area contributed by atoms with E-state index in [-0.39, 0.29) is 18.0 Å². The number of ether oxygens (including phenoxy) is 1. The maximum atomic E-state index is 12.7. The van der Waals surface area contributed by atoms with Gasteiger partial charge in [-0.1, -0.05) is 18.2 Å². The molecule has 2 aromatic carbocycles. The van der Waals surface area contributed by atoms with Crippen LogP contribution >= 0.6 is 0 Å². The lowest BCUT2D eigenvalue weighted by atomic mass is 10.1. The van der Waals surface area contributed by atoms with Crippen LogP contribution in [0.15, 0.2) is 46.9 Å². The number of fused-ring (bicyclic) bond motifs is 1. The van der Waals surface area contributed by atoms with E-state index in [0.717, 1.165) is 41.5 Å². The molecule has 0 saturated carbocycles. The van der Waals surface area contributed by atoms with Crippen molar-refractivity contribution in [3.8, 4) is 0 Å². The summed E-state index contributed by atoms with van der Waals surface area (Å²) in [6.45, 7) is 5.09. The van der Waals surface area contributed by atoms with Gasteiger partial charge in [0.2, 0.25) is 0 Å². The molecule has 1 saturated heterocycles. The molecule has 1 fully saturated rings. The molecule has 0 bridgehead atoms. The number of hydrogen-bond donors (Lipinski definition) is 3. The number of carbonyl (C=O) groups excluding carboxylic acids is 2. The molecule has 0 radical (unpaired) electrons. The summed E-state index contributed by atoms with van der Waals surface area (Å²) in [7, 11) is 0. The third-order valence-electron chi connectivity index (χ3n) is 5.28. The van der Waals surface area contributed by atoms with Gasteiger partial charge in [-0.05, 0) is 56.5 Å². The molecular formula is C23H25N3O4. The predicted octanol–water partition coefficient (Wildman–Crippen LogP) is 4.60. The average molecular weight is 407 g/mol. The number of furan rings is 1. The summed E-state index contributed by atoms with van der Waals surface area (Å²) in [5.74, 6) is -0.00636. The van der Waals surface area contributed by atoms with Gasteiger partial charge in [-0.3, -0.25) is 4.79 Å². The molecular weight excluding hydrogens is 382 g/mol. The van der Waals surface area contributed by atoms with Crippen LogP contribution < -0.4 is 16.0 Å². The second-order valence-corrected chi connectivity index (χ2v) is 7.51. The second kappa shape index (κ2) is 8.59. The summed E-state index contributed by atoms with van der Waals surface area (Å²) in [5.41, 5.74) is 3.78. The predicted molar refractivity (Wildman–Crippen MR) is 116 cm³/mol. The molecule has 1 atom stereocenters. The quantitative estimate of drug-likeness (QED) is 0.576. The Morgan fingerprint density at radius 2 is 1.77 bits per heavy atom. The first-order valence-corrected chi connectivity index (χ1v) is 10.1. The van der Waals surface area contributed by atoms with Gasteiger partial charge >= 0.3 is 6.03 Å². The first kappa shape index (κ1) is 20.0. The Hall–Kier alpha value is -3.32. The molecule has 3 amide bonds. The highest BCUT2D eigenvalue weighted by molar-refractivity contribution is 6.06. The number of para-hydroxylation sites is 1. The number of urea groups is 1. The Balaban J connectivity index is 1.36. The van der Waals surface area contributed by atoms with Crippen molar-refractivity contribution in [1.82, 2.24) is 5.32 Å². The highest BCUT2D eigenvalue weighted by Gasteiger charge is 2.19. The summed E-state index contributed by atoms with van der Waals surface area (Å²) < 4.78 is 11.3. The number of hydrogen-bond acceptors (Lipinski definition) is 4. The molecule has 3 N–H and O–H groups in total. The van der Waals surface area contributed by atoms with Crippen molar-refractivity contribution < 1.29 is 18.7 Å². The lowest BCUT2D eigenvalue weighted by Gasteiger charge is -2.12. The van der Waals surface area contributed by atoms with Crippen molar-refractivity contribution in [1.29, 1.82) is 0 Å². The lowest BCUT2D eigenvalue weighted by molar-refractivity contribution is 0.0998. The molecule has 30 heavy (non-hydrogen) atoms. The maximum Gasteiger partial charge on any atom is 0.319 e. The summed E-state index contributed by atoms with van der Waals surface area (Å²) in [6, 6.07) is 12.5. The summed E-state index contributed by atoms with van der Waals surface area (Å²) >= 11 is 0. The van der Waals surface area contributed by atoms with E-state index in [2.05, 4.69) is 16.0 Å². The van der Waals surface area contributed by atoms with Crippen LogP contribution in [0.1, 0.15) is 34.5 Å². The first-order valence-electron chi connectivity index (χ1n) is 10.1. The summed E-state index contributed by atoms with van der Waals surface area (Å²) in [4.78, 5) is 24.7. The maximum absolute atomic E-state index is 12.7. The van der Waals surface area contributed by atoms with Gasteiger partial charge in [0.25, 0.3) is 5.91 Å². The first-order chi connectivity index (χ1) is 14.5. The van der Waals surface area contributed by atoms with Gasteiger partial charge in [0.15, 0.2) is 5.76 Å². The van der Waals surface area contributed by atoms with Gasteiger partial charge in [-0.2, -0.15) is 0 Å². The van der Waals surface area contributed by atoms with E-state index in [4.69, 9.17) is 9.15 Å². The average Bonchev–Trinajstić information content (AvgIpc) is 3.37. The minimum absolute atomic E-state index is 0.0961. The Morgan fingerprint density at radius 1 is 1.03 bits per heavy atom. The van der Waals surface area contributed by atoms with Crippen LogP contribution in [-0.4, -0.2) is 31.2 Å². The molecule has 156 valence electrons. The van der Waals surface area contributed by atoms with Gasteiger partial charge in [0.1, 0.15) is 5.58 Å². The van der Waals surface area contributed by atoms with E-state index in [1.165, 1.54) is 0 Å². The Bertz CT molecular complexity index is 1070. The molecule has 0 spiro atoms. The van der Waals surface area contributed by atoms with Crippen LogP contribution in [0, 0.1) is 13.8 Å². The normalized spacial score (nSPS) is 15.9. The van der Waals surface area contributed by atoms with Crippen LogP contribution in [0.2, 0.25) is 0 Å². The second-order valence-electron chi connectivity index (χ2n) is 7.51. The van der Waals surface area contributed by atoms with E-state index in [0.29, 0.717) is 23.7 Å². The van der Waals surface area contributed by atoms with Gasteiger partial charge in [-0.15, -0.1) is 0 Å². The smallest absolute Gasteiger partial charge is 0.319 e. The SMILES string of the molecule is Cc1c(C(=O)Nc2ccc(NC(=O)NCC3CCCO3)cc2)oc2c(C)cccc12. The third-order valence-corrected chi connectivity index (χ3v) is 5.28. The Morgan fingerprint density at radius 3 is 2.43 bits per heavy atom. The largest absolute Gasteiger partial charge is 0.450 e. The van der Waals surface area contributed by atoms with Crippen LogP contribution in [0.3, 0.4) is 0 Å². The van der Waals surface area contributed by atoms with E-state index in [1.54, 1.807) is 24.3 Å². The van der Waals surface area contributed by atoms with E-state index >= 15 is 0 Å². The van der Waals surface area contributed by atoms with Crippen molar-refractivity contribution >= 4 is 34.3 Å². The van der Waals surface area contributed by atoms with E-state index in [1.807, 2.05) is 32.0 Å². The molecule has 1 unspecified atom stereocenters. The number of rotatable bonds is 5. The van der Waals surface area contributed by atoms with Crippen molar-refractivity contribution in [3.63, 3.8) is 0 Å². The zero-order chi connectivity index (χ0) is 21.1. The zero-order valence-electron chi connectivity index (χ0n) is 17.1. The van der Waals surface area contributed by atoms with Gasteiger partial charge in [-0.25, -0.2) is 4.79 Å².